The summed E-state index contributed by atoms with van der Waals surface area (Å²) < 4.78 is 28.3. The summed E-state index contributed by atoms with van der Waals surface area (Å²) in [5.41, 5.74) is 0.619. The summed E-state index contributed by atoms with van der Waals surface area (Å²) in [6, 6.07) is 1.57. The molecular formula is C11H17ClN4O2S. The molecule has 6 nitrogen and oxygen atoms in total. The van der Waals surface area contributed by atoms with E-state index in [0.717, 1.165) is 25.7 Å². The van der Waals surface area contributed by atoms with Gasteiger partial charge in [-0.15, -0.1) is 0 Å². The van der Waals surface area contributed by atoms with Crippen molar-refractivity contribution in [3.8, 4) is 0 Å². The van der Waals surface area contributed by atoms with Gasteiger partial charge in [-0.25, -0.2) is 14.7 Å². The maximum atomic E-state index is 12.2. The van der Waals surface area contributed by atoms with Crippen LogP contribution in [0.25, 0.3) is 0 Å². The second-order valence-corrected chi connectivity index (χ2v) is 6.63. The Morgan fingerprint density at radius 3 is 2.42 bits per heavy atom. The molecule has 1 aliphatic heterocycles. The minimum atomic E-state index is -3.59. The van der Waals surface area contributed by atoms with Gasteiger partial charge < -0.3 is 0 Å². The molecule has 1 saturated heterocycles. The molecule has 0 atom stereocenters. The highest BCUT2D eigenvalue weighted by molar-refractivity contribution is 7.90. The van der Waals surface area contributed by atoms with Gasteiger partial charge in [0.2, 0.25) is 5.95 Å². The largest absolute Gasteiger partial charge is 0.303 e. The van der Waals surface area contributed by atoms with Gasteiger partial charge in [0.25, 0.3) is 0 Å². The van der Waals surface area contributed by atoms with E-state index in [4.69, 9.17) is 11.6 Å². The van der Waals surface area contributed by atoms with E-state index in [1.165, 1.54) is 4.31 Å². The van der Waals surface area contributed by atoms with E-state index in [2.05, 4.69) is 14.7 Å². The number of nitrogens with one attached hydrogen (secondary N) is 1. The Kier molecular flexibility index (Phi) is 4.59. The van der Waals surface area contributed by atoms with E-state index in [1.807, 2.05) is 0 Å². The highest BCUT2D eigenvalue weighted by Gasteiger charge is 2.23. The first-order chi connectivity index (χ1) is 8.97. The van der Waals surface area contributed by atoms with Crippen molar-refractivity contribution in [2.24, 2.45) is 0 Å². The van der Waals surface area contributed by atoms with Gasteiger partial charge in [-0.2, -0.15) is 12.7 Å². The molecule has 0 unspecified atom stereocenters. The molecule has 1 aliphatic rings. The quantitative estimate of drug-likeness (QED) is 0.866. The lowest BCUT2D eigenvalue weighted by atomic mass is 10.2. The first kappa shape index (κ1) is 14.5. The number of rotatable bonds is 3. The van der Waals surface area contributed by atoms with Gasteiger partial charge in [0, 0.05) is 18.8 Å². The molecule has 0 aliphatic carbocycles. The van der Waals surface area contributed by atoms with Crippen molar-refractivity contribution in [1.29, 1.82) is 0 Å². The van der Waals surface area contributed by atoms with Crippen LogP contribution in [0.3, 0.4) is 0 Å². The van der Waals surface area contributed by atoms with Crippen molar-refractivity contribution >= 4 is 27.8 Å². The van der Waals surface area contributed by atoms with E-state index < -0.39 is 10.2 Å². The van der Waals surface area contributed by atoms with Crippen LogP contribution in [0.5, 0.6) is 0 Å². The zero-order chi connectivity index (χ0) is 13.9. The second kappa shape index (κ2) is 6.02. The Balaban J connectivity index is 2.15. The first-order valence-corrected chi connectivity index (χ1v) is 8.08. The molecule has 0 bridgehead atoms. The molecular weight excluding hydrogens is 288 g/mol. The average Bonchev–Trinajstić information content (AvgIpc) is 2.55. The third-order valence-electron chi connectivity index (χ3n) is 2.95. The van der Waals surface area contributed by atoms with Crippen LogP contribution >= 0.6 is 11.6 Å². The zero-order valence-electron chi connectivity index (χ0n) is 10.8. The minimum Gasteiger partial charge on any atom is -0.238 e. The lowest BCUT2D eigenvalue weighted by Gasteiger charge is -2.20. The second-order valence-electron chi connectivity index (χ2n) is 4.58. The van der Waals surface area contributed by atoms with E-state index in [-0.39, 0.29) is 11.1 Å². The smallest absolute Gasteiger partial charge is 0.238 e. The monoisotopic (exact) mass is 304 g/mol. The Morgan fingerprint density at radius 1 is 1.21 bits per heavy atom. The van der Waals surface area contributed by atoms with Crippen LogP contribution in [0, 0.1) is 6.92 Å². The molecule has 0 saturated carbocycles. The molecule has 19 heavy (non-hydrogen) atoms. The van der Waals surface area contributed by atoms with Crippen LogP contribution in [-0.4, -0.2) is 35.8 Å². The number of anilines is 1. The maximum Gasteiger partial charge on any atom is 0.303 e. The summed E-state index contributed by atoms with van der Waals surface area (Å²) in [4.78, 5) is 7.90. The van der Waals surface area contributed by atoms with Crippen LogP contribution < -0.4 is 4.72 Å². The normalized spacial score (nSPS) is 18.0. The fraction of sp³-hybridized carbons (Fsp3) is 0.636. The van der Waals surface area contributed by atoms with Crippen molar-refractivity contribution in [3.63, 3.8) is 0 Å². The number of hydrogen-bond donors (Lipinski definition) is 1. The van der Waals surface area contributed by atoms with Crippen LogP contribution in [0.2, 0.25) is 5.15 Å². The highest BCUT2D eigenvalue weighted by atomic mass is 35.5. The number of aryl methyl sites for hydroxylation is 1. The lowest BCUT2D eigenvalue weighted by molar-refractivity contribution is 0.427. The van der Waals surface area contributed by atoms with Crippen molar-refractivity contribution in [1.82, 2.24) is 14.3 Å². The summed E-state index contributed by atoms with van der Waals surface area (Å²) in [5, 5.41) is 0.223. The van der Waals surface area contributed by atoms with Gasteiger partial charge >= 0.3 is 10.2 Å². The zero-order valence-corrected chi connectivity index (χ0v) is 12.3. The topological polar surface area (TPSA) is 75.2 Å². The molecule has 1 fully saturated rings. The molecule has 1 N–H and O–H groups in total. The summed E-state index contributed by atoms with van der Waals surface area (Å²) in [6.45, 7) is 2.81. The number of aromatic nitrogens is 2. The minimum absolute atomic E-state index is 0.0225. The fourth-order valence-electron chi connectivity index (χ4n) is 2.04. The van der Waals surface area contributed by atoms with Gasteiger partial charge in [0.1, 0.15) is 5.15 Å². The Hall–Kier alpha value is -0.920. The maximum absolute atomic E-state index is 12.2. The SMILES string of the molecule is Cc1cc(Cl)nc(NS(=O)(=O)N2CCCCCC2)n1. The van der Waals surface area contributed by atoms with Gasteiger partial charge in [0.05, 0.1) is 0 Å². The summed E-state index contributed by atoms with van der Waals surface area (Å²) >= 11 is 5.79. The summed E-state index contributed by atoms with van der Waals surface area (Å²) in [7, 11) is -3.59. The number of halogens is 1. The highest BCUT2D eigenvalue weighted by Crippen LogP contribution is 2.16. The summed E-state index contributed by atoms with van der Waals surface area (Å²) in [6.07, 6.45) is 3.91. The number of hydrogen-bond acceptors (Lipinski definition) is 4. The van der Waals surface area contributed by atoms with E-state index >= 15 is 0 Å². The molecule has 1 aromatic heterocycles. The fourth-order valence-corrected chi connectivity index (χ4v) is 3.47. The van der Waals surface area contributed by atoms with E-state index in [1.54, 1.807) is 13.0 Å². The Labute approximate surface area is 118 Å². The molecule has 2 rings (SSSR count). The van der Waals surface area contributed by atoms with E-state index in [9.17, 15) is 8.42 Å². The standard InChI is InChI=1S/C11H17ClN4O2S/c1-9-8-10(12)14-11(13-9)15-19(17,18)16-6-4-2-3-5-7-16/h8H,2-7H2,1H3,(H,13,14,15). The Bertz CT molecular complexity index is 521. The van der Waals surface area contributed by atoms with Crippen LogP contribution in [-0.2, 0) is 10.2 Å². The molecule has 106 valence electrons. The third-order valence-corrected chi connectivity index (χ3v) is 4.63. The predicted molar refractivity (Wildman–Crippen MR) is 74.4 cm³/mol. The van der Waals surface area contributed by atoms with Crippen LogP contribution in [0.1, 0.15) is 31.4 Å². The molecule has 0 amide bonds. The first-order valence-electron chi connectivity index (χ1n) is 6.26. The molecule has 1 aromatic rings. The average molecular weight is 305 g/mol. The molecule has 2 heterocycles. The van der Waals surface area contributed by atoms with Crippen molar-refractivity contribution in [2.75, 3.05) is 17.8 Å². The van der Waals surface area contributed by atoms with Gasteiger partial charge in [-0.1, -0.05) is 24.4 Å². The molecule has 0 spiro atoms. The number of nitrogens with zero attached hydrogens (tertiary/aromatic N) is 3. The molecule has 0 radical (unpaired) electrons. The van der Waals surface area contributed by atoms with Gasteiger partial charge in [-0.3, -0.25) is 0 Å². The molecule has 0 aromatic carbocycles. The van der Waals surface area contributed by atoms with Crippen LogP contribution in [0.15, 0.2) is 6.07 Å². The van der Waals surface area contributed by atoms with Crippen LogP contribution in [0.4, 0.5) is 5.95 Å². The Morgan fingerprint density at radius 2 is 1.84 bits per heavy atom. The molecule has 8 heteroatoms. The van der Waals surface area contributed by atoms with Crippen molar-refractivity contribution < 1.29 is 8.42 Å². The van der Waals surface area contributed by atoms with Crippen molar-refractivity contribution in [3.05, 3.63) is 16.9 Å². The predicted octanol–water partition coefficient (Wildman–Crippen LogP) is 1.97. The van der Waals surface area contributed by atoms with Crippen molar-refractivity contribution in [2.45, 2.75) is 32.6 Å². The lowest BCUT2D eigenvalue weighted by Crippen LogP contribution is -2.37. The van der Waals surface area contributed by atoms with Gasteiger partial charge in [0.15, 0.2) is 0 Å². The van der Waals surface area contributed by atoms with E-state index in [0.29, 0.717) is 18.8 Å². The van der Waals surface area contributed by atoms with Gasteiger partial charge in [-0.05, 0) is 25.8 Å². The third kappa shape index (κ3) is 4.02. The summed E-state index contributed by atoms with van der Waals surface area (Å²) in [5.74, 6) is 0.0225.